The first-order valence-electron chi connectivity index (χ1n) is 51.0. The lowest BCUT2D eigenvalue weighted by Gasteiger charge is -2.10. The van der Waals surface area contributed by atoms with Crippen molar-refractivity contribution in [3.8, 4) is 135 Å². The Morgan fingerprint density at radius 1 is 0.217 bits per heavy atom. The fourth-order valence-corrected chi connectivity index (χ4v) is 22.1. The van der Waals surface area contributed by atoms with Crippen LogP contribution in [0.3, 0.4) is 0 Å². The third-order valence-electron chi connectivity index (χ3n) is 29.9. The van der Waals surface area contributed by atoms with Gasteiger partial charge in [0.1, 0.15) is 37.2 Å². The Balaban J connectivity index is 0.000000109. The second-order valence-electron chi connectivity index (χ2n) is 42.3. The molecular weight excluding hydrogens is 1740 g/mol. The summed E-state index contributed by atoms with van der Waals surface area (Å²) in [5.41, 5.74) is 62.4. The molecule has 0 amide bonds. The maximum atomic E-state index is 5.12. The second-order valence-corrected chi connectivity index (χ2v) is 42.3. The van der Waals surface area contributed by atoms with Gasteiger partial charge in [0.05, 0.1) is 109 Å². The maximum Gasteiger partial charge on any atom is 0.330 e. The number of rotatable bonds is 9. The number of hydrogen-bond donors (Lipinski definition) is 0. The quantitative estimate of drug-likeness (QED) is 0.133. The van der Waals surface area contributed by atoms with Crippen LogP contribution in [0.4, 0.5) is 0 Å². The third kappa shape index (κ3) is 19.3. The molecule has 12 heteroatoms. The van der Waals surface area contributed by atoms with E-state index in [0.29, 0.717) is 11.8 Å². The van der Waals surface area contributed by atoms with Crippen molar-refractivity contribution in [2.24, 2.45) is 48.2 Å². The number of aromatic nitrogens is 12. The van der Waals surface area contributed by atoms with E-state index in [1.807, 2.05) is 0 Å². The van der Waals surface area contributed by atoms with E-state index in [2.05, 4.69) is 464 Å². The van der Waals surface area contributed by atoms with Crippen molar-refractivity contribution in [2.45, 2.75) is 189 Å². The van der Waals surface area contributed by atoms with Gasteiger partial charge in [-0.2, -0.15) is 0 Å². The molecule has 143 heavy (non-hydrogen) atoms. The monoisotopic (exact) mass is 1880 g/mol. The fraction of sp³-hybridized carbons (Fsp3) is 0.267. The molecule has 6 aliphatic rings. The summed E-state index contributed by atoms with van der Waals surface area (Å²) in [6, 6.07) is 79.4. The molecule has 0 aliphatic heterocycles. The molecule has 0 spiro atoms. The summed E-state index contributed by atoms with van der Waals surface area (Å²) in [5, 5.41) is 0. The van der Waals surface area contributed by atoms with Crippen molar-refractivity contribution >= 4 is 0 Å². The highest BCUT2D eigenvalue weighted by Crippen LogP contribution is 2.46. The molecule has 0 N–H and O–H groups in total. The molecule has 714 valence electrons. The van der Waals surface area contributed by atoms with Crippen molar-refractivity contribution < 1.29 is 27.4 Å². The number of fused-ring (bicyclic) bond motifs is 18. The van der Waals surface area contributed by atoms with E-state index in [1.165, 1.54) is 268 Å². The second kappa shape index (κ2) is 39.5. The summed E-state index contributed by atoms with van der Waals surface area (Å²) >= 11 is 0. The summed E-state index contributed by atoms with van der Waals surface area (Å²) < 4.78 is 13.0. The van der Waals surface area contributed by atoms with Crippen molar-refractivity contribution in [1.82, 2.24) is 29.9 Å². The van der Waals surface area contributed by atoms with Crippen LogP contribution in [0.15, 0.2) is 256 Å². The van der Waals surface area contributed by atoms with Gasteiger partial charge in [0.2, 0.25) is 0 Å². The molecule has 0 fully saturated rings. The summed E-state index contributed by atoms with van der Waals surface area (Å²) in [6.07, 6.45) is 20.3. The molecule has 0 atom stereocenters. The van der Waals surface area contributed by atoms with Gasteiger partial charge in [-0.15, -0.1) is 0 Å². The number of hydrogen-bond acceptors (Lipinski definition) is 6. The topological polar surface area (TPSA) is 101 Å². The van der Waals surface area contributed by atoms with Gasteiger partial charge in [-0.1, -0.05) is 254 Å². The Labute approximate surface area is 847 Å². The van der Waals surface area contributed by atoms with Gasteiger partial charge in [0.15, 0.2) is 34.2 Å². The highest BCUT2D eigenvalue weighted by atomic mass is 15.1. The highest BCUT2D eigenvalue weighted by molar-refractivity contribution is 5.83. The van der Waals surface area contributed by atoms with Gasteiger partial charge in [0, 0.05) is 38.5 Å². The van der Waals surface area contributed by atoms with Gasteiger partial charge >= 0.3 is 34.9 Å². The van der Waals surface area contributed by atoms with Crippen LogP contribution in [0.5, 0.6) is 0 Å². The molecule has 18 aromatic rings. The summed E-state index contributed by atoms with van der Waals surface area (Å²) in [4.78, 5) is 30.4. The minimum Gasteiger partial charge on any atom is -0.232 e. The molecule has 12 aromatic carbocycles. The van der Waals surface area contributed by atoms with E-state index in [4.69, 9.17) is 29.9 Å². The van der Waals surface area contributed by atoms with Crippen molar-refractivity contribution in [3.63, 3.8) is 0 Å². The number of benzene rings is 12. The lowest BCUT2D eigenvalue weighted by Crippen LogP contribution is -2.33. The number of aryl methyl sites for hydroxylation is 22. The van der Waals surface area contributed by atoms with Crippen molar-refractivity contribution in [2.75, 3.05) is 0 Å². The van der Waals surface area contributed by atoms with E-state index in [9.17, 15) is 0 Å². The molecule has 0 saturated carbocycles. The molecule has 0 radical (unpaired) electrons. The van der Waals surface area contributed by atoms with Crippen LogP contribution in [-0.4, -0.2) is 29.9 Å². The predicted molar refractivity (Wildman–Crippen MR) is 583 cm³/mol. The van der Waals surface area contributed by atoms with E-state index < -0.39 is 0 Å². The van der Waals surface area contributed by atoms with Gasteiger partial charge in [-0.3, -0.25) is 0 Å². The van der Waals surface area contributed by atoms with Crippen molar-refractivity contribution in [1.29, 1.82) is 0 Å². The van der Waals surface area contributed by atoms with Crippen LogP contribution in [0.2, 0.25) is 0 Å². The molecular formula is C131H136N12+6. The van der Waals surface area contributed by atoms with Gasteiger partial charge in [-0.05, 0) is 318 Å². The van der Waals surface area contributed by atoms with Crippen LogP contribution in [0.25, 0.3) is 135 Å². The molecule has 0 bridgehead atoms. The normalized spacial score (nSPS) is 12.3. The summed E-state index contributed by atoms with van der Waals surface area (Å²) in [6.45, 7) is 43.6. The molecule has 0 saturated heterocycles. The van der Waals surface area contributed by atoms with Gasteiger partial charge in [0.25, 0.3) is 0 Å². The van der Waals surface area contributed by atoms with E-state index in [0.717, 1.165) is 79.9 Å². The first-order chi connectivity index (χ1) is 68.5. The van der Waals surface area contributed by atoms with Crippen LogP contribution >= 0.6 is 0 Å². The van der Waals surface area contributed by atoms with Crippen LogP contribution in [0, 0.1) is 117 Å². The maximum absolute atomic E-state index is 5.12. The fourth-order valence-electron chi connectivity index (χ4n) is 22.1. The Morgan fingerprint density at radius 2 is 0.503 bits per heavy atom. The number of nitrogens with zero attached hydrogens (tertiary/aromatic N) is 12. The molecule has 6 aliphatic carbocycles. The lowest BCUT2D eigenvalue weighted by molar-refractivity contribution is -0.662. The zero-order valence-electron chi connectivity index (χ0n) is 88.7. The Kier molecular flexibility index (Phi) is 26.8. The van der Waals surface area contributed by atoms with Crippen molar-refractivity contribution in [3.05, 3.63) is 423 Å². The van der Waals surface area contributed by atoms with Crippen LogP contribution < -0.4 is 27.4 Å². The van der Waals surface area contributed by atoms with Crippen LogP contribution in [-0.2, 0) is 87.2 Å². The molecule has 6 aromatic heterocycles. The smallest absolute Gasteiger partial charge is 0.232 e. The van der Waals surface area contributed by atoms with E-state index in [1.54, 1.807) is 0 Å². The Morgan fingerprint density at radius 3 is 0.909 bits per heavy atom. The predicted octanol–water partition coefficient (Wildman–Crippen LogP) is 26.1. The largest absolute Gasteiger partial charge is 0.330 e. The zero-order valence-corrected chi connectivity index (χ0v) is 88.7. The molecule has 6 heterocycles. The average Bonchev–Trinajstić information content (AvgIpc) is 1.62. The first-order valence-corrected chi connectivity index (χ1v) is 51.0. The summed E-state index contributed by atoms with van der Waals surface area (Å²) in [7, 11) is 12.6. The SMILES string of the molecule is Cc1ccc(C)c(-c2nc3c(c[n+]2C)-c2c(C)cccc2C3)c1.Cc1ccc(C)c(-c2nc3c(c[n+]2C)-c2cc(C)ccc2C3)c1.Cc1ccc(C)c(-c2nc3c(c[n+]2C)-c2cccc(C(C)C)c2C3)c1.Cc1ccc(C)c(-c2nc3c(c[n+]2C)-c2cccc(C)c2C3)c1.Cc1ccc(C)c(-c2nc3c(c[n+]2C)-c2cccc(CC(C)C)c2C3)c1.Cc1ccc2c(c1)Cc1nc(-c3cc(C)ccc3C)[n+](C)cc1-2. The Bertz CT molecular complexity index is 8190. The molecule has 24 rings (SSSR count). The molecule has 12 nitrogen and oxygen atoms in total. The average molecular weight is 1880 g/mol. The lowest BCUT2D eigenvalue weighted by atomic mass is 9.94. The van der Waals surface area contributed by atoms with Gasteiger partial charge in [-0.25, -0.2) is 27.4 Å². The first kappa shape index (κ1) is 97.0. The molecule has 0 unspecified atom stereocenters. The third-order valence-corrected chi connectivity index (χ3v) is 29.9. The standard InChI is InChI=1S/C24H27N2.C23H25N2.4C21H21N2/c1-15(2)11-18-7-6-8-19-21(18)13-23-22(19)14-26(5)24(25-23)20-12-16(3)9-10-17(20)4;1-14(2)17-7-6-8-18-20(17)12-22-21(18)13-25(5)23(24-22)19-11-15(3)9-10-16(19)4;1-13-6-8-17-16(9-13)11-20-19(17)12-23(4)21(22-20)18-10-14(2)5-7-15(18)3;1-13-5-7-15(3)17(9-13)21-22-20-11-16-8-6-14(2)10-18(16)19(20)12-23(21)4;1-13-8-9-14(2)17(10-13)21-22-19-11-16-7-5-6-15(3)20(16)18(19)12-23(21)4;1-13-8-9-15(3)18(10-13)21-22-20-11-17-14(2)6-5-7-16(17)19(20)12-23(21)4/h6-10,12,14-15H,11,13H2,1-5H3;6-11,13-14H,12H2,1-5H3;4*5-10,12H,11H2,1-4H3/q6*+1. The van der Waals surface area contributed by atoms with Gasteiger partial charge < -0.3 is 0 Å². The highest BCUT2D eigenvalue weighted by Gasteiger charge is 2.38. The van der Waals surface area contributed by atoms with E-state index in [-0.39, 0.29) is 0 Å². The van der Waals surface area contributed by atoms with E-state index >= 15 is 0 Å². The Hall–Kier alpha value is -14.9. The summed E-state index contributed by atoms with van der Waals surface area (Å²) in [5.74, 6) is 7.52. The minimum absolute atomic E-state index is 0.538. The minimum atomic E-state index is 0.538. The van der Waals surface area contributed by atoms with Crippen LogP contribution in [0.1, 0.15) is 201 Å². The zero-order chi connectivity index (χ0) is 101.